The number of fused-ring (bicyclic) bond motifs is 1. The predicted octanol–water partition coefficient (Wildman–Crippen LogP) is 1.31. The van der Waals surface area contributed by atoms with Gasteiger partial charge in [0.05, 0.1) is 5.52 Å². The molecule has 0 aromatic carbocycles. The predicted molar refractivity (Wildman–Crippen MR) is 58.5 cm³/mol. The Balaban J connectivity index is 2.70. The van der Waals surface area contributed by atoms with Gasteiger partial charge in [-0.25, -0.2) is 9.78 Å². The first kappa shape index (κ1) is 11.4. The lowest BCUT2D eigenvalue weighted by Gasteiger charge is -1.98. The van der Waals surface area contributed by atoms with Crippen molar-refractivity contribution in [2.24, 2.45) is 0 Å². The molecule has 0 atom stereocenters. The summed E-state index contributed by atoms with van der Waals surface area (Å²) in [4.78, 5) is 25.4. The Morgan fingerprint density at radius 3 is 2.71 bits per heavy atom. The third kappa shape index (κ3) is 2.07. The fraction of sp³-hybridized carbons (Fsp3) is 0.100. The van der Waals surface area contributed by atoms with E-state index in [0.29, 0.717) is 5.02 Å². The van der Waals surface area contributed by atoms with Crippen molar-refractivity contribution in [2.75, 3.05) is 0 Å². The second kappa shape index (κ2) is 4.06. The van der Waals surface area contributed by atoms with Crippen LogP contribution in [0.2, 0.25) is 5.02 Å². The van der Waals surface area contributed by atoms with Crippen LogP contribution in [0.15, 0.2) is 18.3 Å². The summed E-state index contributed by atoms with van der Waals surface area (Å²) >= 11 is 5.76. The Labute approximate surface area is 100 Å². The molecule has 2 heterocycles. The number of carboxylic acid groups (broad SMARTS) is 2. The average molecular weight is 255 g/mol. The van der Waals surface area contributed by atoms with Crippen LogP contribution in [-0.2, 0) is 11.2 Å². The minimum atomic E-state index is -1.22. The number of halogens is 1. The van der Waals surface area contributed by atoms with Gasteiger partial charge in [0, 0.05) is 11.2 Å². The third-order valence-corrected chi connectivity index (χ3v) is 2.43. The average Bonchev–Trinajstić information content (AvgIpc) is 2.55. The number of carbonyl (C=O) groups is 2. The minimum Gasteiger partial charge on any atom is -0.481 e. The first-order valence-electron chi connectivity index (χ1n) is 4.60. The molecule has 2 N–H and O–H groups in total. The number of carboxylic acids is 2. The van der Waals surface area contributed by atoms with E-state index in [4.69, 9.17) is 21.8 Å². The molecule has 0 aliphatic rings. The Morgan fingerprint density at radius 1 is 1.41 bits per heavy atom. The fourth-order valence-corrected chi connectivity index (χ4v) is 1.70. The number of aromatic nitrogens is 2. The highest BCUT2D eigenvalue weighted by Gasteiger charge is 2.18. The molecule has 0 aliphatic heterocycles. The van der Waals surface area contributed by atoms with Crippen LogP contribution in [0.25, 0.3) is 5.52 Å². The molecular weight excluding hydrogens is 248 g/mol. The lowest BCUT2D eigenvalue weighted by molar-refractivity contribution is -0.136. The Kier molecular flexibility index (Phi) is 2.72. The monoisotopic (exact) mass is 254 g/mol. The van der Waals surface area contributed by atoms with Crippen molar-refractivity contribution in [2.45, 2.75) is 6.42 Å². The zero-order valence-corrected chi connectivity index (χ0v) is 9.18. The van der Waals surface area contributed by atoms with E-state index < -0.39 is 11.9 Å². The maximum Gasteiger partial charge on any atom is 0.356 e. The van der Waals surface area contributed by atoms with Gasteiger partial charge >= 0.3 is 11.9 Å². The standard InChI is InChI=1S/C10H7ClN2O4/c11-5-1-2-13-6(3-5)9(10(16)17)12-7(13)4-8(14)15/h1-3H,4H2,(H,14,15)(H,16,17). The molecule has 0 spiro atoms. The molecule has 0 amide bonds. The van der Waals surface area contributed by atoms with Gasteiger partial charge < -0.3 is 14.6 Å². The first-order valence-corrected chi connectivity index (χ1v) is 4.98. The van der Waals surface area contributed by atoms with Gasteiger partial charge in [-0.2, -0.15) is 0 Å². The second-order valence-corrected chi connectivity index (χ2v) is 3.79. The summed E-state index contributed by atoms with van der Waals surface area (Å²) in [7, 11) is 0. The van der Waals surface area contributed by atoms with Gasteiger partial charge in [0.15, 0.2) is 5.69 Å². The number of nitrogens with zero attached hydrogens (tertiary/aromatic N) is 2. The van der Waals surface area contributed by atoms with Crippen LogP contribution in [0.3, 0.4) is 0 Å². The molecule has 0 fully saturated rings. The van der Waals surface area contributed by atoms with Gasteiger partial charge in [0.25, 0.3) is 0 Å². The maximum atomic E-state index is 11.0. The van der Waals surface area contributed by atoms with E-state index in [2.05, 4.69) is 4.98 Å². The number of hydrogen-bond acceptors (Lipinski definition) is 3. The van der Waals surface area contributed by atoms with Crippen LogP contribution < -0.4 is 0 Å². The van der Waals surface area contributed by atoms with Crippen molar-refractivity contribution >= 4 is 29.1 Å². The second-order valence-electron chi connectivity index (χ2n) is 3.35. The summed E-state index contributed by atoms with van der Waals surface area (Å²) < 4.78 is 1.41. The fourth-order valence-electron chi connectivity index (χ4n) is 1.54. The van der Waals surface area contributed by atoms with Crippen LogP contribution in [-0.4, -0.2) is 31.5 Å². The summed E-state index contributed by atoms with van der Waals surface area (Å²) in [6.07, 6.45) is 1.14. The number of aromatic carboxylic acids is 1. The zero-order valence-electron chi connectivity index (χ0n) is 8.42. The van der Waals surface area contributed by atoms with E-state index in [1.807, 2.05) is 0 Å². The molecule has 0 radical (unpaired) electrons. The minimum absolute atomic E-state index is 0.154. The number of imidazole rings is 1. The largest absolute Gasteiger partial charge is 0.481 e. The van der Waals surface area contributed by atoms with Gasteiger partial charge in [0.2, 0.25) is 0 Å². The van der Waals surface area contributed by atoms with Gasteiger partial charge in [0.1, 0.15) is 12.2 Å². The molecule has 88 valence electrons. The van der Waals surface area contributed by atoms with E-state index in [-0.39, 0.29) is 23.5 Å². The van der Waals surface area contributed by atoms with Gasteiger partial charge in [-0.1, -0.05) is 11.6 Å². The van der Waals surface area contributed by atoms with Crippen LogP contribution >= 0.6 is 11.6 Å². The van der Waals surface area contributed by atoms with E-state index >= 15 is 0 Å². The van der Waals surface area contributed by atoms with Gasteiger partial charge in [-0.3, -0.25) is 4.79 Å². The quantitative estimate of drug-likeness (QED) is 0.862. The normalized spacial score (nSPS) is 10.6. The zero-order chi connectivity index (χ0) is 12.6. The van der Waals surface area contributed by atoms with Gasteiger partial charge in [-0.15, -0.1) is 0 Å². The molecule has 7 heteroatoms. The van der Waals surface area contributed by atoms with Crippen LogP contribution in [0.1, 0.15) is 16.3 Å². The number of aliphatic carboxylic acids is 1. The summed E-state index contributed by atoms with van der Waals surface area (Å²) in [6, 6.07) is 2.97. The van der Waals surface area contributed by atoms with E-state index in [1.165, 1.54) is 22.7 Å². The van der Waals surface area contributed by atoms with Crippen molar-refractivity contribution in [3.05, 3.63) is 34.9 Å². The highest BCUT2D eigenvalue weighted by atomic mass is 35.5. The molecule has 0 bridgehead atoms. The van der Waals surface area contributed by atoms with Crippen LogP contribution in [0, 0.1) is 0 Å². The van der Waals surface area contributed by atoms with Crippen molar-refractivity contribution in [1.29, 1.82) is 0 Å². The number of rotatable bonds is 3. The molecular formula is C10H7ClN2O4. The lowest BCUT2D eigenvalue weighted by Crippen LogP contribution is -2.04. The molecule has 17 heavy (non-hydrogen) atoms. The van der Waals surface area contributed by atoms with Gasteiger partial charge in [-0.05, 0) is 12.1 Å². The molecule has 0 unspecified atom stereocenters. The van der Waals surface area contributed by atoms with E-state index in [0.717, 1.165) is 0 Å². The van der Waals surface area contributed by atoms with Crippen LogP contribution in [0.4, 0.5) is 0 Å². The smallest absolute Gasteiger partial charge is 0.356 e. The molecule has 2 rings (SSSR count). The maximum absolute atomic E-state index is 11.0. The number of hydrogen-bond donors (Lipinski definition) is 2. The Morgan fingerprint density at radius 2 is 2.12 bits per heavy atom. The number of pyridine rings is 1. The highest BCUT2D eigenvalue weighted by molar-refractivity contribution is 6.31. The first-order chi connectivity index (χ1) is 7.99. The topological polar surface area (TPSA) is 91.9 Å². The summed E-state index contributed by atoms with van der Waals surface area (Å²) in [5.74, 6) is -2.15. The summed E-state index contributed by atoms with van der Waals surface area (Å²) in [5, 5.41) is 18.0. The van der Waals surface area contributed by atoms with E-state index in [1.54, 1.807) is 0 Å². The van der Waals surface area contributed by atoms with Crippen molar-refractivity contribution in [3.63, 3.8) is 0 Å². The van der Waals surface area contributed by atoms with Crippen LogP contribution in [0.5, 0.6) is 0 Å². The Hall–Kier alpha value is -2.08. The molecule has 2 aromatic heterocycles. The Bertz CT molecular complexity index is 620. The van der Waals surface area contributed by atoms with Crippen molar-refractivity contribution in [1.82, 2.24) is 9.38 Å². The molecule has 0 saturated carbocycles. The summed E-state index contributed by atoms with van der Waals surface area (Å²) in [5.41, 5.74) is 0.0741. The summed E-state index contributed by atoms with van der Waals surface area (Å²) in [6.45, 7) is 0. The molecule has 0 aliphatic carbocycles. The molecule has 6 nitrogen and oxygen atoms in total. The molecule has 0 saturated heterocycles. The lowest BCUT2D eigenvalue weighted by atomic mass is 10.3. The highest BCUT2D eigenvalue weighted by Crippen LogP contribution is 2.18. The van der Waals surface area contributed by atoms with Crippen molar-refractivity contribution < 1.29 is 19.8 Å². The SMILES string of the molecule is O=C(O)Cc1nc(C(=O)O)c2cc(Cl)ccn12. The molecule has 2 aromatic rings. The van der Waals surface area contributed by atoms with E-state index in [9.17, 15) is 9.59 Å². The van der Waals surface area contributed by atoms with Crippen molar-refractivity contribution in [3.8, 4) is 0 Å². The third-order valence-electron chi connectivity index (χ3n) is 2.19.